The first-order valence-electron chi connectivity index (χ1n) is 6.58. The van der Waals surface area contributed by atoms with Crippen molar-refractivity contribution >= 4 is 21.8 Å². The van der Waals surface area contributed by atoms with Crippen LogP contribution in [0.4, 0.5) is 8.78 Å². The molecule has 0 aliphatic carbocycles. The largest absolute Gasteiger partial charge is 0.336 e. The van der Waals surface area contributed by atoms with E-state index in [-0.39, 0.29) is 4.47 Å². The minimum atomic E-state index is -0.832. The number of rotatable bonds is 2. The van der Waals surface area contributed by atoms with Crippen molar-refractivity contribution in [2.45, 2.75) is 19.9 Å². The molecular weight excluding hydrogens is 330 g/mol. The van der Waals surface area contributed by atoms with Gasteiger partial charge in [-0.3, -0.25) is 9.69 Å². The maximum atomic E-state index is 13.9. The maximum absolute atomic E-state index is 13.9. The molecule has 1 fully saturated rings. The van der Waals surface area contributed by atoms with E-state index in [9.17, 15) is 13.6 Å². The molecule has 0 bridgehead atoms. The Hall–Kier alpha value is -1.01. The van der Waals surface area contributed by atoms with Crippen LogP contribution < -0.4 is 0 Å². The van der Waals surface area contributed by atoms with Crippen LogP contribution in [0.15, 0.2) is 16.6 Å². The zero-order valence-electron chi connectivity index (χ0n) is 11.5. The molecule has 1 amide bonds. The molecule has 1 heterocycles. The molecule has 0 saturated carbocycles. The minimum absolute atomic E-state index is 0.100. The van der Waals surface area contributed by atoms with Gasteiger partial charge in [-0.25, -0.2) is 8.78 Å². The summed E-state index contributed by atoms with van der Waals surface area (Å²) < 4.78 is 27.8. The van der Waals surface area contributed by atoms with Crippen LogP contribution in [0.25, 0.3) is 0 Å². The van der Waals surface area contributed by atoms with Crippen LogP contribution in [0.2, 0.25) is 0 Å². The van der Waals surface area contributed by atoms with Crippen molar-refractivity contribution in [3.05, 3.63) is 33.8 Å². The molecule has 0 atom stereocenters. The zero-order chi connectivity index (χ0) is 14.9. The summed E-state index contributed by atoms with van der Waals surface area (Å²) in [6, 6.07) is 2.77. The fourth-order valence-corrected chi connectivity index (χ4v) is 2.65. The highest BCUT2D eigenvalue weighted by Gasteiger charge is 2.28. The van der Waals surface area contributed by atoms with Gasteiger partial charge in [-0.1, -0.05) is 0 Å². The van der Waals surface area contributed by atoms with E-state index in [0.717, 1.165) is 19.2 Å². The van der Waals surface area contributed by atoms with Gasteiger partial charge in [0, 0.05) is 32.2 Å². The molecule has 1 aliphatic rings. The fraction of sp³-hybridized carbons (Fsp3) is 0.500. The smallest absolute Gasteiger partial charge is 0.259 e. The molecule has 6 heteroatoms. The molecular formula is C14H17BrF2N2O. The first kappa shape index (κ1) is 15.4. The van der Waals surface area contributed by atoms with E-state index >= 15 is 0 Å². The quantitative estimate of drug-likeness (QED) is 0.768. The third-order valence-corrected chi connectivity index (χ3v) is 4.20. The molecule has 0 unspecified atom stereocenters. The van der Waals surface area contributed by atoms with Gasteiger partial charge in [-0.2, -0.15) is 0 Å². The Labute approximate surface area is 125 Å². The van der Waals surface area contributed by atoms with Crippen molar-refractivity contribution in [3.8, 4) is 0 Å². The van der Waals surface area contributed by atoms with Gasteiger partial charge in [0.15, 0.2) is 5.82 Å². The first-order chi connectivity index (χ1) is 9.41. The number of piperazine rings is 1. The maximum Gasteiger partial charge on any atom is 0.259 e. The van der Waals surface area contributed by atoms with E-state index in [1.807, 2.05) is 0 Å². The van der Waals surface area contributed by atoms with Gasteiger partial charge < -0.3 is 4.90 Å². The average Bonchev–Trinajstić information content (AvgIpc) is 2.43. The van der Waals surface area contributed by atoms with Crippen LogP contribution in [0, 0.1) is 11.6 Å². The van der Waals surface area contributed by atoms with Crippen molar-refractivity contribution in [2.24, 2.45) is 0 Å². The standard InChI is InChI=1S/C14H17BrF2N2O/c1-9(2)18-5-7-19(8-6-18)14(20)12-11(16)4-3-10(15)13(12)17/h3-4,9H,5-8H2,1-2H3. The van der Waals surface area contributed by atoms with E-state index in [1.165, 1.54) is 11.0 Å². The molecule has 1 aliphatic heterocycles. The van der Waals surface area contributed by atoms with Crippen LogP contribution in [0.5, 0.6) is 0 Å². The number of benzene rings is 1. The lowest BCUT2D eigenvalue weighted by Gasteiger charge is -2.37. The number of carbonyl (C=O) groups excluding carboxylic acids is 1. The summed E-state index contributed by atoms with van der Waals surface area (Å²) in [7, 11) is 0. The van der Waals surface area contributed by atoms with E-state index < -0.39 is 23.1 Å². The van der Waals surface area contributed by atoms with Gasteiger partial charge in [0.25, 0.3) is 5.91 Å². The monoisotopic (exact) mass is 346 g/mol. The molecule has 1 aromatic rings. The second-order valence-electron chi connectivity index (χ2n) is 5.14. The van der Waals surface area contributed by atoms with Crippen molar-refractivity contribution in [1.82, 2.24) is 9.80 Å². The van der Waals surface area contributed by atoms with Crippen LogP contribution in [-0.2, 0) is 0 Å². The van der Waals surface area contributed by atoms with Crippen molar-refractivity contribution in [3.63, 3.8) is 0 Å². The molecule has 0 N–H and O–H groups in total. The highest BCUT2D eigenvalue weighted by Crippen LogP contribution is 2.23. The fourth-order valence-electron chi connectivity index (χ4n) is 2.32. The Bertz CT molecular complexity index is 514. The van der Waals surface area contributed by atoms with E-state index in [2.05, 4.69) is 34.7 Å². The van der Waals surface area contributed by atoms with Crippen LogP contribution >= 0.6 is 15.9 Å². The lowest BCUT2D eigenvalue weighted by atomic mass is 10.1. The third-order valence-electron chi connectivity index (χ3n) is 3.59. The number of nitrogens with zero attached hydrogens (tertiary/aromatic N) is 2. The summed E-state index contributed by atoms with van der Waals surface area (Å²) in [5, 5.41) is 0. The molecule has 0 aromatic heterocycles. The van der Waals surface area contributed by atoms with Gasteiger partial charge in [-0.15, -0.1) is 0 Å². The third kappa shape index (κ3) is 3.01. The molecule has 20 heavy (non-hydrogen) atoms. The minimum Gasteiger partial charge on any atom is -0.336 e. The molecule has 110 valence electrons. The van der Waals surface area contributed by atoms with E-state index in [1.54, 1.807) is 0 Å². The Kier molecular flexibility index (Phi) is 4.75. The average molecular weight is 347 g/mol. The molecule has 1 saturated heterocycles. The number of amides is 1. The Morgan fingerprint density at radius 2 is 1.80 bits per heavy atom. The van der Waals surface area contributed by atoms with Crippen molar-refractivity contribution in [2.75, 3.05) is 26.2 Å². The molecule has 0 radical (unpaired) electrons. The molecule has 2 rings (SSSR count). The molecule has 1 aromatic carbocycles. The molecule has 3 nitrogen and oxygen atoms in total. The Morgan fingerprint density at radius 3 is 2.35 bits per heavy atom. The lowest BCUT2D eigenvalue weighted by Crippen LogP contribution is -2.51. The van der Waals surface area contributed by atoms with Crippen molar-refractivity contribution in [1.29, 1.82) is 0 Å². The normalized spacial score (nSPS) is 16.8. The zero-order valence-corrected chi connectivity index (χ0v) is 13.1. The van der Waals surface area contributed by atoms with Crippen LogP contribution in [0.3, 0.4) is 0 Å². The highest BCUT2D eigenvalue weighted by molar-refractivity contribution is 9.10. The van der Waals surface area contributed by atoms with E-state index in [4.69, 9.17) is 0 Å². The summed E-state index contributed by atoms with van der Waals surface area (Å²) in [6.45, 7) is 6.60. The van der Waals surface area contributed by atoms with Crippen LogP contribution in [-0.4, -0.2) is 47.9 Å². The Morgan fingerprint density at radius 1 is 1.20 bits per heavy atom. The second-order valence-corrected chi connectivity index (χ2v) is 5.99. The second kappa shape index (κ2) is 6.18. The predicted molar refractivity (Wildman–Crippen MR) is 76.7 cm³/mol. The number of hydrogen-bond donors (Lipinski definition) is 0. The summed E-state index contributed by atoms with van der Waals surface area (Å²) in [5.74, 6) is -2.23. The highest BCUT2D eigenvalue weighted by atomic mass is 79.9. The van der Waals surface area contributed by atoms with Gasteiger partial charge in [0.1, 0.15) is 11.4 Å². The number of carbonyl (C=O) groups is 1. The van der Waals surface area contributed by atoms with E-state index in [0.29, 0.717) is 19.1 Å². The summed E-state index contributed by atoms with van der Waals surface area (Å²) in [5.41, 5.74) is -0.475. The van der Waals surface area contributed by atoms with Gasteiger partial charge in [0.2, 0.25) is 0 Å². The van der Waals surface area contributed by atoms with Gasteiger partial charge in [0.05, 0.1) is 4.47 Å². The number of halogens is 3. The first-order valence-corrected chi connectivity index (χ1v) is 7.38. The Balaban J connectivity index is 2.16. The van der Waals surface area contributed by atoms with Gasteiger partial charge in [-0.05, 0) is 41.9 Å². The van der Waals surface area contributed by atoms with Gasteiger partial charge >= 0.3 is 0 Å². The van der Waals surface area contributed by atoms with Crippen LogP contribution in [0.1, 0.15) is 24.2 Å². The summed E-state index contributed by atoms with van der Waals surface area (Å²) in [6.07, 6.45) is 0. The SMILES string of the molecule is CC(C)N1CCN(C(=O)c2c(F)ccc(Br)c2F)CC1. The van der Waals surface area contributed by atoms with Crippen molar-refractivity contribution < 1.29 is 13.6 Å². The number of hydrogen-bond acceptors (Lipinski definition) is 2. The summed E-state index contributed by atoms with van der Waals surface area (Å²) >= 11 is 2.98. The predicted octanol–water partition coefficient (Wildman–Crippen LogP) is 2.89. The lowest BCUT2D eigenvalue weighted by molar-refractivity contribution is 0.0586. The molecule has 0 spiro atoms. The topological polar surface area (TPSA) is 23.6 Å². The summed E-state index contributed by atoms with van der Waals surface area (Å²) in [4.78, 5) is 16.0.